The molecule has 0 aromatic heterocycles. The van der Waals surface area contributed by atoms with E-state index in [9.17, 15) is 4.39 Å². The van der Waals surface area contributed by atoms with E-state index in [1.54, 1.807) is 12.1 Å². The lowest BCUT2D eigenvalue weighted by atomic mass is 10.1. The van der Waals surface area contributed by atoms with Crippen LogP contribution in [-0.2, 0) is 12.8 Å². The molecule has 1 atom stereocenters. The molecule has 0 saturated carbocycles. The lowest BCUT2D eigenvalue weighted by Gasteiger charge is -2.15. The third kappa shape index (κ3) is 4.10. The van der Waals surface area contributed by atoms with Crippen LogP contribution in [0.15, 0.2) is 48.5 Å². The molecule has 102 valence electrons. The number of halogens is 1. The Morgan fingerprint density at radius 3 is 2.55 bits per heavy atom. The number of benzene rings is 2. The highest BCUT2D eigenvalue weighted by Gasteiger charge is 2.04. The van der Waals surface area contributed by atoms with Crippen LogP contribution in [0, 0.1) is 17.1 Å². The molecule has 3 heteroatoms. The van der Waals surface area contributed by atoms with Crippen molar-refractivity contribution in [1.82, 2.24) is 0 Å². The van der Waals surface area contributed by atoms with Gasteiger partial charge < -0.3 is 5.32 Å². The zero-order valence-corrected chi connectivity index (χ0v) is 11.4. The van der Waals surface area contributed by atoms with Crippen molar-refractivity contribution in [2.24, 2.45) is 0 Å². The Morgan fingerprint density at radius 2 is 1.90 bits per heavy atom. The van der Waals surface area contributed by atoms with Gasteiger partial charge in [0.05, 0.1) is 12.5 Å². The Kier molecular flexibility index (Phi) is 4.73. The Labute approximate surface area is 118 Å². The van der Waals surface area contributed by atoms with Gasteiger partial charge in [-0.25, -0.2) is 4.39 Å². The largest absolute Gasteiger partial charge is 0.382 e. The normalized spacial score (nSPS) is 11.7. The van der Waals surface area contributed by atoms with Crippen molar-refractivity contribution in [2.75, 3.05) is 5.32 Å². The minimum Gasteiger partial charge on any atom is -0.382 e. The lowest BCUT2D eigenvalue weighted by Crippen LogP contribution is -2.18. The van der Waals surface area contributed by atoms with Gasteiger partial charge >= 0.3 is 0 Å². The summed E-state index contributed by atoms with van der Waals surface area (Å²) in [7, 11) is 0. The molecule has 0 spiro atoms. The molecule has 1 N–H and O–H groups in total. The van der Waals surface area contributed by atoms with Crippen molar-refractivity contribution in [3.63, 3.8) is 0 Å². The van der Waals surface area contributed by atoms with E-state index in [1.165, 1.54) is 6.07 Å². The van der Waals surface area contributed by atoms with Gasteiger partial charge in [0.2, 0.25) is 0 Å². The predicted octanol–water partition coefficient (Wildman–Crippen LogP) is 3.93. The van der Waals surface area contributed by atoms with Gasteiger partial charge in [0, 0.05) is 11.7 Å². The molecule has 2 aromatic rings. The first-order chi connectivity index (χ1) is 9.67. The van der Waals surface area contributed by atoms with Crippen molar-refractivity contribution in [1.29, 1.82) is 5.26 Å². The number of rotatable bonds is 5. The van der Waals surface area contributed by atoms with E-state index in [4.69, 9.17) is 5.26 Å². The van der Waals surface area contributed by atoms with Gasteiger partial charge in [-0.3, -0.25) is 0 Å². The van der Waals surface area contributed by atoms with Gasteiger partial charge in [-0.2, -0.15) is 5.26 Å². The fourth-order valence-electron chi connectivity index (χ4n) is 2.16. The maximum Gasteiger partial charge on any atom is 0.123 e. The number of nitrogens with zero attached hydrogens (tertiary/aromatic N) is 1. The molecule has 0 fully saturated rings. The van der Waals surface area contributed by atoms with Gasteiger partial charge in [-0.15, -0.1) is 0 Å². The molecular formula is C17H17FN2. The number of nitrogens with one attached hydrogen (secondary N) is 1. The van der Waals surface area contributed by atoms with E-state index in [0.717, 1.165) is 23.2 Å². The first-order valence-corrected chi connectivity index (χ1v) is 6.64. The molecule has 0 amide bonds. The average molecular weight is 268 g/mol. The molecule has 0 heterocycles. The third-order valence-corrected chi connectivity index (χ3v) is 3.08. The number of hydrogen-bond donors (Lipinski definition) is 1. The second-order valence-electron chi connectivity index (χ2n) is 4.91. The van der Waals surface area contributed by atoms with Crippen LogP contribution >= 0.6 is 0 Å². The van der Waals surface area contributed by atoms with Gasteiger partial charge in [0.15, 0.2) is 0 Å². The summed E-state index contributed by atoms with van der Waals surface area (Å²) in [5.74, 6) is -0.199. The summed E-state index contributed by atoms with van der Waals surface area (Å²) in [5.41, 5.74) is 3.00. The summed E-state index contributed by atoms with van der Waals surface area (Å²) in [5, 5.41) is 12.0. The van der Waals surface area contributed by atoms with E-state index in [2.05, 4.69) is 18.3 Å². The lowest BCUT2D eigenvalue weighted by molar-refractivity contribution is 0.624. The number of nitriles is 1. The Hall–Kier alpha value is -2.34. The van der Waals surface area contributed by atoms with Crippen LogP contribution in [0.3, 0.4) is 0 Å². The van der Waals surface area contributed by atoms with E-state index >= 15 is 0 Å². The molecule has 1 unspecified atom stereocenters. The van der Waals surface area contributed by atoms with E-state index in [0.29, 0.717) is 6.42 Å². The van der Waals surface area contributed by atoms with Crippen LogP contribution in [0.1, 0.15) is 18.1 Å². The molecule has 2 aromatic carbocycles. The quantitative estimate of drug-likeness (QED) is 0.891. The Morgan fingerprint density at radius 1 is 1.15 bits per heavy atom. The SMILES string of the molecule is CC(Cc1cccc(F)c1)Nc1ccc(CC#N)cc1. The topological polar surface area (TPSA) is 35.8 Å². The zero-order valence-electron chi connectivity index (χ0n) is 11.4. The molecule has 2 rings (SSSR count). The molecule has 0 aliphatic heterocycles. The van der Waals surface area contributed by atoms with Crippen LogP contribution in [-0.4, -0.2) is 6.04 Å². The zero-order chi connectivity index (χ0) is 14.4. The summed E-state index contributed by atoms with van der Waals surface area (Å²) >= 11 is 0. The summed E-state index contributed by atoms with van der Waals surface area (Å²) in [6, 6.07) is 16.8. The van der Waals surface area contributed by atoms with Crippen LogP contribution in [0.4, 0.5) is 10.1 Å². The van der Waals surface area contributed by atoms with Crippen molar-refractivity contribution < 1.29 is 4.39 Å². The molecule has 0 aliphatic carbocycles. The molecule has 0 saturated heterocycles. The standard InChI is InChI=1S/C17H17FN2/c1-13(11-15-3-2-4-16(18)12-15)20-17-7-5-14(6-8-17)9-10-19/h2-8,12-13,20H,9,11H2,1H3. The molecule has 0 aliphatic rings. The maximum atomic E-state index is 13.1. The molecule has 2 nitrogen and oxygen atoms in total. The van der Waals surface area contributed by atoms with Gasteiger partial charge in [0.25, 0.3) is 0 Å². The van der Waals surface area contributed by atoms with Crippen molar-refractivity contribution in [3.05, 3.63) is 65.5 Å². The second-order valence-corrected chi connectivity index (χ2v) is 4.91. The Balaban J connectivity index is 1.94. The van der Waals surface area contributed by atoms with Crippen molar-refractivity contribution in [3.8, 4) is 6.07 Å². The summed E-state index contributed by atoms with van der Waals surface area (Å²) in [6.07, 6.45) is 1.19. The number of hydrogen-bond acceptors (Lipinski definition) is 2. The highest BCUT2D eigenvalue weighted by Crippen LogP contribution is 2.13. The molecular weight excluding hydrogens is 251 g/mol. The van der Waals surface area contributed by atoms with E-state index in [-0.39, 0.29) is 11.9 Å². The van der Waals surface area contributed by atoms with Crippen LogP contribution in [0.25, 0.3) is 0 Å². The third-order valence-electron chi connectivity index (χ3n) is 3.08. The summed E-state index contributed by atoms with van der Waals surface area (Å²) in [6.45, 7) is 2.06. The fraction of sp³-hybridized carbons (Fsp3) is 0.235. The van der Waals surface area contributed by atoms with Gasteiger partial charge in [0.1, 0.15) is 5.82 Å². The first-order valence-electron chi connectivity index (χ1n) is 6.64. The molecule has 20 heavy (non-hydrogen) atoms. The molecule has 0 radical (unpaired) electrons. The minimum absolute atomic E-state index is 0.199. The van der Waals surface area contributed by atoms with Crippen molar-refractivity contribution in [2.45, 2.75) is 25.8 Å². The van der Waals surface area contributed by atoms with Crippen molar-refractivity contribution >= 4 is 5.69 Å². The van der Waals surface area contributed by atoms with Gasteiger partial charge in [-0.1, -0.05) is 24.3 Å². The average Bonchev–Trinajstić information content (AvgIpc) is 2.41. The smallest absolute Gasteiger partial charge is 0.123 e. The fourth-order valence-corrected chi connectivity index (χ4v) is 2.16. The van der Waals surface area contributed by atoms with Crippen LogP contribution in [0.2, 0.25) is 0 Å². The monoisotopic (exact) mass is 268 g/mol. The highest BCUT2D eigenvalue weighted by molar-refractivity contribution is 5.46. The molecule has 0 bridgehead atoms. The summed E-state index contributed by atoms with van der Waals surface area (Å²) < 4.78 is 13.1. The van der Waals surface area contributed by atoms with Crippen LogP contribution < -0.4 is 5.32 Å². The predicted molar refractivity (Wildman–Crippen MR) is 78.9 cm³/mol. The first kappa shape index (κ1) is 14.1. The highest BCUT2D eigenvalue weighted by atomic mass is 19.1. The Bertz CT molecular complexity index is 599. The second kappa shape index (κ2) is 6.72. The maximum absolute atomic E-state index is 13.1. The number of anilines is 1. The minimum atomic E-state index is -0.199. The van der Waals surface area contributed by atoms with Gasteiger partial charge in [-0.05, 0) is 48.7 Å². The van der Waals surface area contributed by atoms with Crippen LogP contribution in [0.5, 0.6) is 0 Å². The van der Waals surface area contributed by atoms with E-state index in [1.807, 2.05) is 30.3 Å². The summed E-state index contributed by atoms with van der Waals surface area (Å²) in [4.78, 5) is 0. The van der Waals surface area contributed by atoms with E-state index < -0.39 is 0 Å².